The zero-order valence-electron chi connectivity index (χ0n) is 11.5. The first kappa shape index (κ1) is 14.3. The van der Waals surface area contributed by atoms with Crippen LogP contribution in [0.5, 0.6) is 0 Å². The third-order valence-electron chi connectivity index (χ3n) is 4.52. The second-order valence-corrected chi connectivity index (χ2v) is 6.05. The van der Waals surface area contributed by atoms with E-state index in [1.165, 1.54) is 6.07 Å². The summed E-state index contributed by atoms with van der Waals surface area (Å²) in [5.74, 6) is 0.334. The molecule has 1 aliphatic heterocycles. The fraction of sp³-hybridized carbons (Fsp3) is 0.571. The number of likely N-dealkylation sites (tertiary alicyclic amines) is 1. The Hall–Kier alpha value is -1.69. The summed E-state index contributed by atoms with van der Waals surface area (Å²) in [5.41, 5.74) is -0.0684. The van der Waals surface area contributed by atoms with E-state index in [1.54, 1.807) is 0 Å². The highest BCUT2D eigenvalue weighted by Crippen LogP contribution is 2.37. The minimum Gasteiger partial charge on any atom is -0.335 e. The van der Waals surface area contributed by atoms with Gasteiger partial charge in [0.25, 0.3) is 11.6 Å². The molecule has 1 saturated heterocycles. The third kappa shape index (κ3) is 2.60. The van der Waals surface area contributed by atoms with Crippen molar-refractivity contribution in [2.75, 3.05) is 6.54 Å². The molecule has 1 aromatic heterocycles. The van der Waals surface area contributed by atoms with E-state index in [2.05, 4.69) is 4.98 Å². The van der Waals surface area contributed by atoms with Crippen LogP contribution in [0.2, 0.25) is 5.15 Å². The van der Waals surface area contributed by atoms with Crippen molar-refractivity contribution in [3.8, 4) is 0 Å². The number of amides is 1. The maximum Gasteiger partial charge on any atom is 0.288 e. The molecule has 0 spiro atoms. The molecule has 3 rings (SSSR count). The fourth-order valence-corrected chi connectivity index (χ4v) is 3.73. The molecular weight excluding hydrogens is 294 g/mol. The summed E-state index contributed by atoms with van der Waals surface area (Å²) in [6, 6.07) is 1.48. The first-order chi connectivity index (χ1) is 10.1. The predicted octanol–water partition coefficient (Wildman–Crippen LogP) is 3.05. The Kier molecular flexibility index (Phi) is 3.80. The van der Waals surface area contributed by atoms with E-state index in [0.29, 0.717) is 12.5 Å². The van der Waals surface area contributed by atoms with Crippen LogP contribution < -0.4 is 0 Å². The number of aromatic nitrogens is 1. The summed E-state index contributed by atoms with van der Waals surface area (Å²) in [4.78, 5) is 28.6. The second kappa shape index (κ2) is 5.60. The van der Waals surface area contributed by atoms with Crippen molar-refractivity contribution in [1.82, 2.24) is 9.88 Å². The normalized spacial score (nSPS) is 24.7. The van der Waals surface area contributed by atoms with Crippen LogP contribution in [0.15, 0.2) is 12.3 Å². The standard InChI is InChI=1S/C14H16ClN3O3/c15-13-11(7-10(8-16-13)18(20)21)14(19)17-6-2-4-9-3-1-5-12(9)17/h7-9,12H,1-6H2. The Labute approximate surface area is 127 Å². The van der Waals surface area contributed by atoms with Gasteiger partial charge in [-0.2, -0.15) is 0 Å². The largest absolute Gasteiger partial charge is 0.335 e. The van der Waals surface area contributed by atoms with Gasteiger partial charge in [0, 0.05) is 18.7 Å². The van der Waals surface area contributed by atoms with Crippen molar-refractivity contribution < 1.29 is 9.72 Å². The fourth-order valence-electron chi connectivity index (χ4n) is 3.55. The van der Waals surface area contributed by atoms with Crippen LogP contribution in [0.25, 0.3) is 0 Å². The van der Waals surface area contributed by atoms with Gasteiger partial charge in [0.2, 0.25) is 0 Å². The molecule has 7 heteroatoms. The van der Waals surface area contributed by atoms with E-state index in [1.807, 2.05) is 4.90 Å². The van der Waals surface area contributed by atoms with Crippen LogP contribution >= 0.6 is 11.6 Å². The van der Waals surface area contributed by atoms with Crippen LogP contribution in [-0.4, -0.2) is 33.3 Å². The highest BCUT2D eigenvalue weighted by molar-refractivity contribution is 6.32. The van der Waals surface area contributed by atoms with E-state index in [9.17, 15) is 14.9 Å². The van der Waals surface area contributed by atoms with Crippen molar-refractivity contribution >= 4 is 23.2 Å². The summed E-state index contributed by atoms with van der Waals surface area (Å²) in [6.07, 6.45) is 6.53. The van der Waals surface area contributed by atoms with Crippen LogP contribution in [0.4, 0.5) is 5.69 Å². The Balaban J connectivity index is 1.90. The van der Waals surface area contributed by atoms with E-state index in [4.69, 9.17) is 11.6 Å². The lowest BCUT2D eigenvalue weighted by Crippen LogP contribution is -2.46. The Bertz CT molecular complexity index is 593. The highest BCUT2D eigenvalue weighted by Gasteiger charge is 2.38. The summed E-state index contributed by atoms with van der Waals surface area (Å²) in [7, 11) is 0. The first-order valence-corrected chi connectivity index (χ1v) is 7.56. The molecule has 1 saturated carbocycles. The number of hydrogen-bond donors (Lipinski definition) is 0. The second-order valence-electron chi connectivity index (χ2n) is 5.69. The van der Waals surface area contributed by atoms with Crippen molar-refractivity contribution in [2.24, 2.45) is 5.92 Å². The van der Waals surface area contributed by atoms with Gasteiger partial charge in [0.05, 0.1) is 10.5 Å². The lowest BCUT2D eigenvalue weighted by molar-refractivity contribution is -0.385. The monoisotopic (exact) mass is 309 g/mol. The summed E-state index contributed by atoms with van der Waals surface area (Å²) < 4.78 is 0. The quantitative estimate of drug-likeness (QED) is 0.478. The number of carbonyl (C=O) groups is 1. The third-order valence-corrected chi connectivity index (χ3v) is 4.82. The van der Waals surface area contributed by atoms with Gasteiger partial charge in [-0.3, -0.25) is 14.9 Å². The number of halogens is 1. The molecule has 6 nitrogen and oxygen atoms in total. The number of piperidine rings is 1. The molecule has 2 unspecified atom stereocenters. The van der Waals surface area contributed by atoms with Crippen molar-refractivity contribution in [2.45, 2.75) is 38.1 Å². The van der Waals surface area contributed by atoms with Crippen LogP contribution in [0.1, 0.15) is 42.5 Å². The predicted molar refractivity (Wildman–Crippen MR) is 77.3 cm³/mol. The summed E-state index contributed by atoms with van der Waals surface area (Å²) >= 11 is 5.98. The van der Waals surface area contributed by atoms with E-state index in [-0.39, 0.29) is 28.4 Å². The lowest BCUT2D eigenvalue weighted by atomic mass is 9.91. The van der Waals surface area contributed by atoms with E-state index in [0.717, 1.165) is 38.3 Å². The molecule has 112 valence electrons. The van der Waals surface area contributed by atoms with Gasteiger partial charge in [-0.05, 0) is 31.6 Å². The molecule has 21 heavy (non-hydrogen) atoms. The van der Waals surface area contributed by atoms with Crippen molar-refractivity contribution in [3.05, 3.63) is 33.1 Å². The van der Waals surface area contributed by atoms with Gasteiger partial charge in [-0.25, -0.2) is 4.98 Å². The van der Waals surface area contributed by atoms with Gasteiger partial charge in [0.15, 0.2) is 0 Å². The molecule has 0 radical (unpaired) electrons. The van der Waals surface area contributed by atoms with E-state index >= 15 is 0 Å². The topological polar surface area (TPSA) is 76.3 Å². The molecule has 0 aromatic carbocycles. The number of nitro groups is 1. The van der Waals surface area contributed by atoms with Gasteiger partial charge in [-0.15, -0.1) is 0 Å². The summed E-state index contributed by atoms with van der Waals surface area (Å²) in [6.45, 7) is 0.693. The van der Waals surface area contributed by atoms with Crippen molar-refractivity contribution in [3.63, 3.8) is 0 Å². The van der Waals surface area contributed by atoms with Crippen LogP contribution in [-0.2, 0) is 0 Å². The minimum absolute atomic E-state index is 0.0331. The van der Waals surface area contributed by atoms with Crippen LogP contribution in [0.3, 0.4) is 0 Å². The van der Waals surface area contributed by atoms with Gasteiger partial charge in [0.1, 0.15) is 11.3 Å². The molecule has 2 heterocycles. The molecule has 1 aliphatic carbocycles. The zero-order chi connectivity index (χ0) is 15.0. The maximum atomic E-state index is 12.7. The SMILES string of the molecule is O=C(c1cc([N+](=O)[O-])cnc1Cl)N1CCCC2CCCC21. The molecule has 0 N–H and O–H groups in total. The summed E-state index contributed by atoms with van der Waals surface area (Å²) in [5, 5.41) is 10.9. The molecule has 2 aliphatic rings. The molecular formula is C14H16ClN3O3. The average Bonchev–Trinajstić information content (AvgIpc) is 2.95. The first-order valence-electron chi connectivity index (χ1n) is 7.19. The minimum atomic E-state index is -0.561. The smallest absolute Gasteiger partial charge is 0.288 e. The lowest BCUT2D eigenvalue weighted by Gasteiger charge is -2.37. The Morgan fingerprint density at radius 3 is 2.90 bits per heavy atom. The number of nitrogens with zero attached hydrogens (tertiary/aromatic N) is 3. The number of rotatable bonds is 2. The molecule has 2 fully saturated rings. The number of pyridine rings is 1. The van der Waals surface area contributed by atoms with Gasteiger partial charge in [-0.1, -0.05) is 18.0 Å². The van der Waals surface area contributed by atoms with E-state index < -0.39 is 4.92 Å². The van der Waals surface area contributed by atoms with Crippen molar-refractivity contribution in [1.29, 1.82) is 0 Å². The zero-order valence-corrected chi connectivity index (χ0v) is 12.3. The number of hydrogen-bond acceptors (Lipinski definition) is 4. The number of carbonyl (C=O) groups excluding carboxylic acids is 1. The average molecular weight is 310 g/mol. The van der Waals surface area contributed by atoms with Gasteiger partial charge < -0.3 is 4.90 Å². The highest BCUT2D eigenvalue weighted by atomic mass is 35.5. The van der Waals surface area contributed by atoms with Crippen LogP contribution in [0, 0.1) is 16.0 Å². The Morgan fingerprint density at radius 1 is 1.38 bits per heavy atom. The molecule has 1 amide bonds. The van der Waals surface area contributed by atoms with Gasteiger partial charge >= 0.3 is 0 Å². The molecule has 0 bridgehead atoms. The molecule has 2 atom stereocenters. The maximum absolute atomic E-state index is 12.7. The number of fused-ring (bicyclic) bond motifs is 1. The molecule has 1 aromatic rings. The Morgan fingerprint density at radius 2 is 2.14 bits per heavy atom.